The lowest BCUT2D eigenvalue weighted by Crippen LogP contribution is -2.58. The van der Waals surface area contributed by atoms with Gasteiger partial charge in [0.2, 0.25) is 0 Å². The Hall–Kier alpha value is -0.380. The monoisotopic (exact) mass is 252 g/mol. The highest BCUT2D eigenvalue weighted by Gasteiger charge is 2.28. The highest BCUT2D eigenvalue weighted by molar-refractivity contribution is 7.07. The Morgan fingerprint density at radius 2 is 2.41 bits per heavy atom. The number of rotatable bonds is 4. The Morgan fingerprint density at radius 3 is 3.06 bits per heavy atom. The van der Waals surface area contributed by atoms with Gasteiger partial charge in [0.1, 0.15) is 0 Å². The van der Waals surface area contributed by atoms with Crippen molar-refractivity contribution < 1.29 is 0 Å². The van der Waals surface area contributed by atoms with Gasteiger partial charge in [-0.05, 0) is 49.1 Å². The molecule has 1 aromatic heterocycles. The van der Waals surface area contributed by atoms with Crippen molar-refractivity contribution in [2.24, 2.45) is 0 Å². The van der Waals surface area contributed by atoms with E-state index in [9.17, 15) is 0 Å². The molecule has 96 valence electrons. The van der Waals surface area contributed by atoms with E-state index in [-0.39, 0.29) is 0 Å². The van der Waals surface area contributed by atoms with Gasteiger partial charge in [-0.3, -0.25) is 4.90 Å². The number of nitrogens with one attached hydrogen (secondary N) is 1. The van der Waals surface area contributed by atoms with Gasteiger partial charge in [0.25, 0.3) is 0 Å². The van der Waals surface area contributed by atoms with Crippen molar-refractivity contribution in [3.8, 4) is 0 Å². The molecule has 0 aliphatic carbocycles. The molecule has 2 rings (SSSR count). The van der Waals surface area contributed by atoms with Crippen LogP contribution in [0.4, 0.5) is 0 Å². The summed E-state index contributed by atoms with van der Waals surface area (Å²) >= 11 is 1.80. The van der Waals surface area contributed by atoms with Gasteiger partial charge in [0.15, 0.2) is 0 Å². The molecule has 17 heavy (non-hydrogen) atoms. The van der Waals surface area contributed by atoms with E-state index in [1.807, 2.05) is 0 Å². The number of hydrogen-bond acceptors (Lipinski definition) is 3. The molecule has 1 fully saturated rings. The molecule has 1 aliphatic rings. The average molecular weight is 252 g/mol. The fourth-order valence-electron chi connectivity index (χ4n) is 2.77. The molecular formula is C14H24N2S. The Kier molecular flexibility index (Phi) is 4.60. The normalized spacial score (nSPS) is 28.2. The Bertz CT molecular complexity index is 323. The van der Waals surface area contributed by atoms with Crippen LogP contribution in [0.3, 0.4) is 0 Å². The summed E-state index contributed by atoms with van der Waals surface area (Å²) in [4.78, 5) is 2.69. The van der Waals surface area contributed by atoms with Crippen LogP contribution < -0.4 is 5.32 Å². The van der Waals surface area contributed by atoms with Crippen LogP contribution >= 0.6 is 11.3 Å². The fraction of sp³-hybridized carbons (Fsp3) is 0.714. The lowest BCUT2D eigenvalue weighted by atomic mass is 10.0. The summed E-state index contributed by atoms with van der Waals surface area (Å²) in [5, 5.41) is 8.05. The molecule has 0 spiro atoms. The zero-order valence-corrected chi connectivity index (χ0v) is 12.0. The van der Waals surface area contributed by atoms with Gasteiger partial charge in [-0.25, -0.2) is 0 Å². The maximum atomic E-state index is 3.59. The summed E-state index contributed by atoms with van der Waals surface area (Å²) in [5.41, 5.74) is 1.49. The highest BCUT2D eigenvalue weighted by Crippen LogP contribution is 2.18. The van der Waals surface area contributed by atoms with E-state index in [1.165, 1.54) is 24.9 Å². The summed E-state index contributed by atoms with van der Waals surface area (Å²) in [6.07, 6.45) is 2.43. The fourth-order valence-corrected chi connectivity index (χ4v) is 3.45. The summed E-state index contributed by atoms with van der Waals surface area (Å²) < 4.78 is 0. The number of thiophene rings is 1. The smallest absolute Gasteiger partial charge is 0.0221 e. The lowest BCUT2D eigenvalue weighted by Gasteiger charge is -2.42. The van der Waals surface area contributed by atoms with Crippen molar-refractivity contribution in [1.82, 2.24) is 10.2 Å². The van der Waals surface area contributed by atoms with Gasteiger partial charge in [0, 0.05) is 31.2 Å². The molecule has 0 bridgehead atoms. The first-order valence-corrected chi connectivity index (χ1v) is 7.65. The minimum absolute atomic E-state index is 0.628. The molecule has 1 saturated heterocycles. The topological polar surface area (TPSA) is 15.3 Å². The van der Waals surface area contributed by atoms with Gasteiger partial charge in [-0.2, -0.15) is 11.3 Å². The Labute approximate surface area is 109 Å². The van der Waals surface area contributed by atoms with Crippen molar-refractivity contribution in [3.63, 3.8) is 0 Å². The van der Waals surface area contributed by atoms with E-state index in [0.717, 1.165) is 6.54 Å². The van der Waals surface area contributed by atoms with Gasteiger partial charge in [-0.1, -0.05) is 6.92 Å². The number of piperazine rings is 1. The van der Waals surface area contributed by atoms with Crippen molar-refractivity contribution in [2.45, 2.75) is 51.7 Å². The number of nitrogens with zero attached hydrogens (tertiary/aromatic N) is 1. The maximum absolute atomic E-state index is 3.59. The molecule has 1 N–H and O–H groups in total. The van der Waals surface area contributed by atoms with Crippen molar-refractivity contribution in [3.05, 3.63) is 22.4 Å². The van der Waals surface area contributed by atoms with Crippen molar-refractivity contribution in [1.29, 1.82) is 0 Å². The second-order valence-electron chi connectivity index (χ2n) is 5.25. The van der Waals surface area contributed by atoms with Crippen molar-refractivity contribution in [2.75, 3.05) is 13.1 Å². The van der Waals surface area contributed by atoms with E-state index in [1.54, 1.807) is 11.3 Å². The van der Waals surface area contributed by atoms with Crippen molar-refractivity contribution >= 4 is 11.3 Å². The quantitative estimate of drug-likeness (QED) is 0.886. The Balaban J connectivity index is 1.97. The maximum Gasteiger partial charge on any atom is 0.0221 e. The summed E-state index contributed by atoms with van der Waals surface area (Å²) in [5.74, 6) is 0. The minimum Gasteiger partial charge on any atom is -0.311 e. The third-order valence-corrected chi connectivity index (χ3v) is 4.54. The largest absolute Gasteiger partial charge is 0.311 e. The predicted octanol–water partition coefficient (Wildman–Crippen LogP) is 2.75. The van der Waals surface area contributed by atoms with E-state index in [0.29, 0.717) is 18.1 Å². The summed E-state index contributed by atoms with van der Waals surface area (Å²) in [6.45, 7) is 9.29. The molecule has 1 aliphatic heterocycles. The first-order valence-electron chi connectivity index (χ1n) is 6.71. The van der Waals surface area contributed by atoms with Crippen LogP contribution in [-0.2, 0) is 6.42 Å². The van der Waals surface area contributed by atoms with Gasteiger partial charge < -0.3 is 5.32 Å². The molecule has 0 aromatic carbocycles. The molecular weight excluding hydrogens is 228 g/mol. The zero-order chi connectivity index (χ0) is 12.3. The molecule has 2 heterocycles. The molecule has 0 amide bonds. The van der Waals surface area contributed by atoms with Crippen LogP contribution in [-0.4, -0.2) is 36.1 Å². The van der Waals surface area contributed by atoms with Crippen LogP contribution in [0, 0.1) is 0 Å². The lowest BCUT2D eigenvalue weighted by molar-refractivity contribution is 0.0905. The first-order chi connectivity index (χ1) is 8.20. The number of hydrogen-bond donors (Lipinski definition) is 1. The summed E-state index contributed by atoms with van der Waals surface area (Å²) in [7, 11) is 0. The second kappa shape index (κ2) is 5.98. The van der Waals surface area contributed by atoms with E-state index in [2.05, 4.69) is 47.8 Å². The van der Waals surface area contributed by atoms with Crippen LogP contribution in [0.25, 0.3) is 0 Å². The van der Waals surface area contributed by atoms with E-state index < -0.39 is 0 Å². The third kappa shape index (κ3) is 3.30. The van der Waals surface area contributed by atoms with Crippen LogP contribution in [0.2, 0.25) is 0 Å². The minimum atomic E-state index is 0.628. The third-order valence-electron chi connectivity index (χ3n) is 3.80. The average Bonchev–Trinajstić information content (AvgIpc) is 2.81. The molecule has 3 heteroatoms. The first kappa shape index (κ1) is 13.1. The van der Waals surface area contributed by atoms with E-state index in [4.69, 9.17) is 0 Å². The van der Waals surface area contributed by atoms with Crippen LogP contribution in [0.15, 0.2) is 16.8 Å². The van der Waals surface area contributed by atoms with Gasteiger partial charge in [0.05, 0.1) is 0 Å². The predicted molar refractivity (Wildman–Crippen MR) is 75.7 cm³/mol. The van der Waals surface area contributed by atoms with Gasteiger partial charge in [-0.15, -0.1) is 0 Å². The second-order valence-corrected chi connectivity index (χ2v) is 6.03. The molecule has 2 nitrogen and oxygen atoms in total. The standard InChI is InChI=1S/C14H24N2S/c1-4-14-8-15-11(2)9-16(14)12(3)7-13-5-6-17-10-13/h5-6,10-12,14-15H,4,7-9H2,1-3H3. The molecule has 1 aromatic rings. The zero-order valence-electron chi connectivity index (χ0n) is 11.1. The van der Waals surface area contributed by atoms with Crippen LogP contribution in [0.1, 0.15) is 32.8 Å². The summed E-state index contributed by atoms with van der Waals surface area (Å²) in [6, 6.07) is 4.25. The molecule has 0 radical (unpaired) electrons. The van der Waals surface area contributed by atoms with Gasteiger partial charge >= 0.3 is 0 Å². The molecule has 0 saturated carbocycles. The highest BCUT2D eigenvalue weighted by atomic mass is 32.1. The molecule has 3 unspecified atom stereocenters. The molecule has 3 atom stereocenters. The van der Waals surface area contributed by atoms with Crippen LogP contribution in [0.5, 0.6) is 0 Å². The van der Waals surface area contributed by atoms with E-state index >= 15 is 0 Å². The SMILES string of the molecule is CCC1CNC(C)CN1C(C)Cc1ccsc1. The Morgan fingerprint density at radius 1 is 1.59 bits per heavy atom.